The molecule has 1 aromatic carbocycles. The van der Waals surface area contributed by atoms with Gasteiger partial charge in [-0.15, -0.1) is 0 Å². The predicted octanol–water partition coefficient (Wildman–Crippen LogP) is 2.73. The molecule has 0 bridgehead atoms. The summed E-state index contributed by atoms with van der Waals surface area (Å²) in [7, 11) is 0. The molecule has 0 aliphatic carbocycles. The van der Waals surface area contributed by atoms with Gasteiger partial charge >= 0.3 is 5.97 Å². The number of amides is 2. The Hall–Kier alpha value is -2.37. The highest BCUT2D eigenvalue weighted by atomic mass is 16.5. The Bertz CT molecular complexity index is 626. The van der Waals surface area contributed by atoms with E-state index in [1.807, 2.05) is 45.9 Å². The van der Waals surface area contributed by atoms with Crippen molar-refractivity contribution in [2.75, 3.05) is 11.9 Å². The zero-order chi connectivity index (χ0) is 19.0. The first kappa shape index (κ1) is 20.7. The van der Waals surface area contributed by atoms with Crippen LogP contribution < -0.4 is 10.6 Å². The molecule has 6 nitrogen and oxygen atoms in total. The predicted molar refractivity (Wildman–Crippen MR) is 97.2 cm³/mol. The minimum absolute atomic E-state index is 0.0513. The number of benzene rings is 1. The number of esters is 1. The number of carbonyl (C=O) groups is 3. The largest absolute Gasteiger partial charge is 0.466 e. The van der Waals surface area contributed by atoms with Gasteiger partial charge in [0.25, 0.3) is 0 Å². The van der Waals surface area contributed by atoms with E-state index in [-0.39, 0.29) is 36.7 Å². The van der Waals surface area contributed by atoms with Crippen LogP contribution in [0.15, 0.2) is 18.2 Å². The van der Waals surface area contributed by atoms with Crippen molar-refractivity contribution in [3.63, 3.8) is 0 Å². The summed E-state index contributed by atoms with van der Waals surface area (Å²) >= 11 is 0. The van der Waals surface area contributed by atoms with Crippen molar-refractivity contribution in [1.82, 2.24) is 5.32 Å². The van der Waals surface area contributed by atoms with E-state index in [1.165, 1.54) is 0 Å². The van der Waals surface area contributed by atoms with Gasteiger partial charge in [0.2, 0.25) is 11.8 Å². The summed E-state index contributed by atoms with van der Waals surface area (Å²) in [5.74, 6) is -1.10. The van der Waals surface area contributed by atoms with Gasteiger partial charge in [-0.05, 0) is 43.9 Å². The molecule has 0 saturated heterocycles. The van der Waals surface area contributed by atoms with Crippen LogP contribution in [0, 0.1) is 19.8 Å². The molecule has 1 aromatic rings. The lowest BCUT2D eigenvalue weighted by Crippen LogP contribution is -2.41. The van der Waals surface area contributed by atoms with Crippen LogP contribution in [0.25, 0.3) is 0 Å². The highest BCUT2D eigenvalue weighted by Crippen LogP contribution is 2.16. The number of nitrogens with one attached hydrogen (secondary N) is 2. The van der Waals surface area contributed by atoms with Gasteiger partial charge in [-0.2, -0.15) is 0 Å². The first-order valence-corrected chi connectivity index (χ1v) is 8.55. The Balaban J connectivity index is 2.59. The second kappa shape index (κ2) is 9.81. The summed E-state index contributed by atoms with van der Waals surface area (Å²) in [5, 5.41) is 5.50. The average molecular weight is 348 g/mol. The Morgan fingerprint density at radius 1 is 1.12 bits per heavy atom. The highest BCUT2D eigenvalue weighted by molar-refractivity contribution is 6.04. The lowest BCUT2D eigenvalue weighted by molar-refractivity contribution is -0.144. The van der Waals surface area contributed by atoms with Gasteiger partial charge in [-0.1, -0.05) is 26.0 Å². The molecule has 2 N–H and O–H groups in total. The normalized spacial score (nSPS) is 11.8. The number of ether oxygens (including phenoxy) is 1. The fraction of sp³-hybridized carbons (Fsp3) is 0.526. The minimum Gasteiger partial charge on any atom is -0.466 e. The Morgan fingerprint density at radius 2 is 1.80 bits per heavy atom. The van der Waals surface area contributed by atoms with Crippen LogP contribution >= 0.6 is 0 Å². The molecule has 0 radical (unpaired) electrons. The molecule has 1 atom stereocenters. The summed E-state index contributed by atoms with van der Waals surface area (Å²) < 4.78 is 4.92. The standard InChI is InChI=1S/C19H28N2O4/c1-6-25-19(24)10-15(12(2)3)20-17(22)11-18(23)21-16-9-13(4)7-8-14(16)5/h7-9,12,15H,6,10-11H2,1-5H3,(H,20,22)(H,21,23)/t15-/m0/s1. The molecule has 0 fully saturated rings. The molecular formula is C19H28N2O4. The van der Waals surface area contributed by atoms with Gasteiger partial charge in [0.05, 0.1) is 13.0 Å². The molecule has 6 heteroatoms. The van der Waals surface area contributed by atoms with Crippen LogP contribution in [0.4, 0.5) is 5.69 Å². The molecule has 0 saturated carbocycles. The summed E-state index contributed by atoms with van der Waals surface area (Å²) in [6.07, 6.45) is -0.199. The van der Waals surface area contributed by atoms with Gasteiger partial charge in [-0.25, -0.2) is 0 Å². The third-order valence-electron chi connectivity index (χ3n) is 3.83. The topological polar surface area (TPSA) is 84.5 Å². The fourth-order valence-corrected chi connectivity index (χ4v) is 2.32. The minimum atomic E-state index is -0.411. The maximum absolute atomic E-state index is 12.1. The lowest BCUT2D eigenvalue weighted by atomic mass is 10.0. The number of aryl methyl sites for hydroxylation is 2. The van der Waals surface area contributed by atoms with E-state index < -0.39 is 5.91 Å². The molecule has 0 heterocycles. The molecule has 25 heavy (non-hydrogen) atoms. The van der Waals surface area contributed by atoms with Crippen molar-refractivity contribution in [3.8, 4) is 0 Å². The van der Waals surface area contributed by atoms with Crippen LogP contribution in [0.5, 0.6) is 0 Å². The Labute approximate surface area is 149 Å². The molecule has 138 valence electrons. The van der Waals surface area contributed by atoms with Crippen molar-refractivity contribution in [2.24, 2.45) is 5.92 Å². The van der Waals surface area contributed by atoms with Gasteiger partial charge in [-0.3, -0.25) is 14.4 Å². The first-order chi connectivity index (χ1) is 11.7. The average Bonchev–Trinajstić information content (AvgIpc) is 2.50. The number of hydrogen-bond acceptors (Lipinski definition) is 4. The quantitative estimate of drug-likeness (QED) is 0.559. The van der Waals surface area contributed by atoms with Crippen LogP contribution in [0.3, 0.4) is 0 Å². The lowest BCUT2D eigenvalue weighted by Gasteiger charge is -2.21. The first-order valence-electron chi connectivity index (χ1n) is 8.55. The molecule has 2 amide bonds. The van der Waals surface area contributed by atoms with Gasteiger partial charge < -0.3 is 15.4 Å². The number of rotatable bonds is 8. The molecule has 0 spiro atoms. The van der Waals surface area contributed by atoms with Crippen molar-refractivity contribution >= 4 is 23.5 Å². The van der Waals surface area contributed by atoms with Gasteiger partial charge in [0, 0.05) is 11.7 Å². The second-order valence-electron chi connectivity index (χ2n) is 6.47. The Morgan fingerprint density at radius 3 is 2.40 bits per heavy atom. The van der Waals surface area contributed by atoms with E-state index in [4.69, 9.17) is 4.74 Å². The van der Waals surface area contributed by atoms with E-state index in [0.717, 1.165) is 11.1 Å². The summed E-state index contributed by atoms with van der Waals surface area (Å²) in [5.41, 5.74) is 2.66. The van der Waals surface area contributed by atoms with Crippen molar-refractivity contribution in [1.29, 1.82) is 0 Å². The monoisotopic (exact) mass is 348 g/mol. The van der Waals surface area contributed by atoms with Gasteiger partial charge in [0.1, 0.15) is 6.42 Å². The van der Waals surface area contributed by atoms with Crippen LogP contribution in [0.2, 0.25) is 0 Å². The summed E-state index contributed by atoms with van der Waals surface area (Å²) in [6.45, 7) is 9.67. The third kappa shape index (κ3) is 7.37. The molecule has 0 unspecified atom stereocenters. The zero-order valence-corrected chi connectivity index (χ0v) is 15.6. The third-order valence-corrected chi connectivity index (χ3v) is 3.83. The molecule has 1 rings (SSSR count). The molecule has 0 aliphatic heterocycles. The van der Waals surface area contributed by atoms with E-state index >= 15 is 0 Å². The molecule has 0 aromatic heterocycles. The van der Waals surface area contributed by atoms with Crippen LogP contribution in [0.1, 0.15) is 44.7 Å². The maximum Gasteiger partial charge on any atom is 0.307 e. The Kier molecular flexibility index (Phi) is 8.11. The molecular weight excluding hydrogens is 320 g/mol. The van der Waals surface area contributed by atoms with Crippen LogP contribution in [-0.2, 0) is 19.1 Å². The van der Waals surface area contributed by atoms with E-state index in [9.17, 15) is 14.4 Å². The summed E-state index contributed by atoms with van der Waals surface area (Å²) in [4.78, 5) is 35.8. The van der Waals surface area contributed by atoms with E-state index in [2.05, 4.69) is 10.6 Å². The van der Waals surface area contributed by atoms with Crippen molar-refractivity contribution < 1.29 is 19.1 Å². The van der Waals surface area contributed by atoms with Crippen molar-refractivity contribution in [3.05, 3.63) is 29.3 Å². The number of carbonyl (C=O) groups excluding carboxylic acids is 3. The highest BCUT2D eigenvalue weighted by Gasteiger charge is 2.21. The van der Waals surface area contributed by atoms with Crippen LogP contribution in [-0.4, -0.2) is 30.4 Å². The zero-order valence-electron chi connectivity index (χ0n) is 15.6. The second-order valence-corrected chi connectivity index (χ2v) is 6.47. The fourth-order valence-electron chi connectivity index (χ4n) is 2.32. The SMILES string of the molecule is CCOC(=O)C[C@H](NC(=O)CC(=O)Nc1cc(C)ccc1C)C(C)C. The maximum atomic E-state index is 12.1. The van der Waals surface area contributed by atoms with Gasteiger partial charge in [0.15, 0.2) is 0 Å². The van der Waals surface area contributed by atoms with E-state index in [1.54, 1.807) is 6.92 Å². The molecule has 0 aliphatic rings. The number of hydrogen-bond donors (Lipinski definition) is 2. The smallest absolute Gasteiger partial charge is 0.307 e. The summed E-state index contributed by atoms with van der Waals surface area (Å²) in [6, 6.07) is 5.38. The number of anilines is 1. The van der Waals surface area contributed by atoms with Crippen molar-refractivity contribution in [2.45, 2.75) is 53.5 Å². The van der Waals surface area contributed by atoms with E-state index in [0.29, 0.717) is 12.3 Å².